The molecule has 0 radical (unpaired) electrons. The molecule has 3 N–H and O–H groups in total. The van der Waals surface area contributed by atoms with Gasteiger partial charge in [-0.05, 0) is 49.2 Å². The van der Waals surface area contributed by atoms with E-state index < -0.39 is 0 Å². The van der Waals surface area contributed by atoms with Crippen LogP contribution in [0, 0.1) is 25.7 Å². The monoisotopic (exact) mass is 278 g/mol. The van der Waals surface area contributed by atoms with Gasteiger partial charge in [0.05, 0.1) is 12.1 Å². The van der Waals surface area contributed by atoms with Gasteiger partial charge in [-0.15, -0.1) is 0 Å². The zero-order valence-corrected chi connectivity index (χ0v) is 12.2. The molecule has 0 aliphatic rings. The number of anilines is 1. The maximum absolute atomic E-state index is 12.4. The molecule has 3 nitrogen and oxygen atoms in total. The molecule has 0 saturated carbocycles. The fourth-order valence-electron chi connectivity index (χ4n) is 1.95. The van der Waals surface area contributed by atoms with E-state index in [9.17, 15) is 4.79 Å². The van der Waals surface area contributed by atoms with Crippen LogP contribution in [0.3, 0.4) is 0 Å². The summed E-state index contributed by atoms with van der Waals surface area (Å²) in [5, 5.41) is 2.91. The van der Waals surface area contributed by atoms with Crippen molar-refractivity contribution >= 4 is 11.6 Å². The van der Waals surface area contributed by atoms with Crippen LogP contribution < -0.4 is 11.1 Å². The highest BCUT2D eigenvalue weighted by Gasteiger charge is 2.10. The Bertz CT molecular complexity index is 723. The molecular weight excluding hydrogens is 260 g/mol. The van der Waals surface area contributed by atoms with Gasteiger partial charge in [-0.2, -0.15) is 0 Å². The molecule has 0 aliphatic heterocycles. The number of rotatable bonds is 2. The van der Waals surface area contributed by atoms with Gasteiger partial charge in [-0.1, -0.05) is 30.0 Å². The van der Waals surface area contributed by atoms with Gasteiger partial charge in [0.2, 0.25) is 0 Å². The predicted octanol–water partition coefficient (Wildman–Crippen LogP) is 2.87. The topological polar surface area (TPSA) is 55.1 Å². The van der Waals surface area contributed by atoms with Gasteiger partial charge in [-0.25, -0.2) is 0 Å². The first kappa shape index (κ1) is 14.8. The van der Waals surface area contributed by atoms with E-state index in [1.54, 1.807) is 6.07 Å². The van der Waals surface area contributed by atoms with E-state index >= 15 is 0 Å². The third-order valence-corrected chi connectivity index (χ3v) is 3.26. The van der Waals surface area contributed by atoms with E-state index in [1.807, 2.05) is 50.2 Å². The summed E-state index contributed by atoms with van der Waals surface area (Å²) < 4.78 is 0. The first-order valence-corrected chi connectivity index (χ1v) is 6.78. The Kier molecular flexibility index (Phi) is 4.76. The van der Waals surface area contributed by atoms with Crippen molar-refractivity contribution in [1.82, 2.24) is 0 Å². The number of hydrogen-bond donors (Lipinski definition) is 2. The van der Waals surface area contributed by atoms with Gasteiger partial charge in [0.1, 0.15) is 0 Å². The number of nitrogens with two attached hydrogens (primary N) is 1. The highest BCUT2D eigenvalue weighted by atomic mass is 16.1. The van der Waals surface area contributed by atoms with Gasteiger partial charge < -0.3 is 11.1 Å². The molecule has 0 saturated heterocycles. The fraction of sp³-hybridized carbons (Fsp3) is 0.167. The normalized spacial score (nSPS) is 9.67. The van der Waals surface area contributed by atoms with E-state index in [1.165, 1.54) is 5.56 Å². The van der Waals surface area contributed by atoms with Crippen LogP contribution in [0.2, 0.25) is 0 Å². The summed E-state index contributed by atoms with van der Waals surface area (Å²) in [5.41, 5.74) is 9.74. The molecule has 0 aliphatic carbocycles. The molecule has 0 spiro atoms. The van der Waals surface area contributed by atoms with Crippen molar-refractivity contribution in [3.63, 3.8) is 0 Å². The van der Waals surface area contributed by atoms with Crippen LogP contribution >= 0.6 is 0 Å². The van der Waals surface area contributed by atoms with E-state index in [4.69, 9.17) is 5.73 Å². The zero-order valence-electron chi connectivity index (χ0n) is 12.2. The highest BCUT2D eigenvalue weighted by molar-refractivity contribution is 6.06. The number of carbonyl (C=O) groups excluding carboxylic acids is 1. The number of nitrogens with one attached hydrogen (secondary N) is 1. The Balaban J connectivity index is 2.26. The molecule has 0 atom stereocenters. The maximum atomic E-state index is 12.4. The second kappa shape index (κ2) is 6.74. The average molecular weight is 278 g/mol. The molecule has 2 aromatic carbocycles. The molecule has 21 heavy (non-hydrogen) atoms. The SMILES string of the molecule is Cc1ccc(NC(=O)c2ccccc2C#CCN)cc1C. The minimum atomic E-state index is -0.167. The van der Waals surface area contributed by atoms with Crippen molar-refractivity contribution in [2.75, 3.05) is 11.9 Å². The average Bonchev–Trinajstić information content (AvgIpc) is 2.49. The molecule has 0 fully saturated rings. The number of benzene rings is 2. The summed E-state index contributed by atoms with van der Waals surface area (Å²) in [5.74, 6) is 5.54. The third-order valence-electron chi connectivity index (χ3n) is 3.26. The minimum absolute atomic E-state index is 0.167. The number of hydrogen-bond acceptors (Lipinski definition) is 2. The molecule has 2 aromatic rings. The summed E-state index contributed by atoms with van der Waals surface area (Å²) in [6, 6.07) is 13.1. The molecule has 0 aromatic heterocycles. The lowest BCUT2D eigenvalue weighted by atomic mass is 10.1. The van der Waals surface area contributed by atoms with E-state index in [0.29, 0.717) is 11.1 Å². The Hall–Kier alpha value is -2.57. The Morgan fingerprint density at radius 2 is 1.90 bits per heavy atom. The molecule has 0 bridgehead atoms. The molecule has 2 rings (SSSR count). The van der Waals surface area contributed by atoms with Crippen molar-refractivity contribution in [1.29, 1.82) is 0 Å². The van der Waals surface area contributed by atoms with Crippen molar-refractivity contribution < 1.29 is 4.79 Å². The van der Waals surface area contributed by atoms with E-state index in [2.05, 4.69) is 17.2 Å². The number of amides is 1. The Morgan fingerprint density at radius 3 is 2.62 bits per heavy atom. The lowest BCUT2D eigenvalue weighted by Gasteiger charge is -2.09. The minimum Gasteiger partial charge on any atom is -0.322 e. The summed E-state index contributed by atoms with van der Waals surface area (Å²) >= 11 is 0. The lowest BCUT2D eigenvalue weighted by Crippen LogP contribution is -2.13. The summed E-state index contributed by atoms with van der Waals surface area (Å²) in [6.07, 6.45) is 0. The molecule has 1 amide bonds. The fourth-order valence-corrected chi connectivity index (χ4v) is 1.95. The summed E-state index contributed by atoms with van der Waals surface area (Å²) in [6.45, 7) is 4.33. The molecule has 0 heterocycles. The number of aryl methyl sites for hydroxylation is 2. The Morgan fingerprint density at radius 1 is 1.14 bits per heavy atom. The van der Waals surface area contributed by atoms with Crippen LogP contribution in [0.15, 0.2) is 42.5 Å². The van der Waals surface area contributed by atoms with Crippen molar-refractivity contribution in [3.05, 3.63) is 64.7 Å². The molecule has 106 valence electrons. The second-order valence-corrected chi connectivity index (χ2v) is 4.80. The first-order valence-electron chi connectivity index (χ1n) is 6.78. The van der Waals surface area contributed by atoms with Crippen LogP contribution in [0.4, 0.5) is 5.69 Å². The maximum Gasteiger partial charge on any atom is 0.256 e. The van der Waals surface area contributed by atoms with Gasteiger partial charge in [0, 0.05) is 11.3 Å². The Labute approximate surface area is 125 Å². The van der Waals surface area contributed by atoms with Crippen molar-refractivity contribution in [3.8, 4) is 11.8 Å². The van der Waals surface area contributed by atoms with Crippen LogP contribution in [0.1, 0.15) is 27.0 Å². The molecule has 0 unspecified atom stereocenters. The van der Waals surface area contributed by atoms with Gasteiger partial charge in [-0.3, -0.25) is 4.79 Å². The van der Waals surface area contributed by atoms with Crippen molar-refractivity contribution in [2.45, 2.75) is 13.8 Å². The smallest absolute Gasteiger partial charge is 0.256 e. The predicted molar refractivity (Wildman–Crippen MR) is 86.2 cm³/mol. The van der Waals surface area contributed by atoms with E-state index in [0.717, 1.165) is 11.3 Å². The van der Waals surface area contributed by atoms with Crippen LogP contribution in [-0.2, 0) is 0 Å². The largest absolute Gasteiger partial charge is 0.322 e. The lowest BCUT2D eigenvalue weighted by molar-refractivity contribution is 0.102. The van der Waals surface area contributed by atoms with Crippen molar-refractivity contribution in [2.24, 2.45) is 5.73 Å². The quantitative estimate of drug-likeness (QED) is 0.830. The molecular formula is C18H18N2O. The highest BCUT2D eigenvalue weighted by Crippen LogP contribution is 2.16. The first-order chi connectivity index (χ1) is 10.1. The standard InChI is InChI=1S/C18H18N2O/c1-13-9-10-16(12-14(13)2)20-18(21)17-8-4-3-6-15(17)7-5-11-19/h3-4,6,8-10,12H,11,19H2,1-2H3,(H,20,21). The van der Waals surface area contributed by atoms with Gasteiger partial charge >= 0.3 is 0 Å². The van der Waals surface area contributed by atoms with Crippen LogP contribution in [-0.4, -0.2) is 12.5 Å². The summed E-state index contributed by atoms with van der Waals surface area (Å²) in [7, 11) is 0. The van der Waals surface area contributed by atoms with Gasteiger partial charge in [0.25, 0.3) is 5.91 Å². The van der Waals surface area contributed by atoms with E-state index in [-0.39, 0.29) is 12.5 Å². The van der Waals surface area contributed by atoms with Crippen LogP contribution in [0.5, 0.6) is 0 Å². The third kappa shape index (κ3) is 3.71. The van der Waals surface area contributed by atoms with Gasteiger partial charge in [0.15, 0.2) is 0 Å². The molecule has 3 heteroatoms. The van der Waals surface area contributed by atoms with Crippen LogP contribution in [0.25, 0.3) is 0 Å². The zero-order chi connectivity index (χ0) is 15.2. The second-order valence-electron chi connectivity index (χ2n) is 4.80. The number of carbonyl (C=O) groups is 1. The summed E-state index contributed by atoms with van der Waals surface area (Å²) in [4.78, 5) is 12.4.